The number of amides is 2. The molecule has 1 saturated heterocycles. The van der Waals surface area contributed by atoms with Crippen LogP contribution in [0.25, 0.3) is 10.9 Å². The van der Waals surface area contributed by atoms with Gasteiger partial charge in [-0.15, -0.1) is 0 Å². The van der Waals surface area contributed by atoms with Crippen LogP contribution in [0.15, 0.2) is 42.6 Å². The highest BCUT2D eigenvalue weighted by Crippen LogP contribution is 2.53. The van der Waals surface area contributed by atoms with Crippen LogP contribution < -0.4 is 4.90 Å². The number of rotatable bonds is 1. The summed E-state index contributed by atoms with van der Waals surface area (Å²) >= 11 is 0. The van der Waals surface area contributed by atoms with E-state index in [4.69, 9.17) is 0 Å². The number of nitrogens with zero attached hydrogens (tertiary/aromatic N) is 2. The van der Waals surface area contributed by atoms with Gasteiger partial charge in [0.2, 0.25) is 11.8 Å². The average Bonchev–Trinajstić information content (AvgIpc) is 3.27. The van der Waals surface area contributed by atoms with Crippen molar-refractivity contribution in [3.05, 3.63) is 48.2 Å². The Morgan fingerprint density at radius 2 is 1.65 bits per heavy atom. The first-order chi connectivity index (χ1) is 12.4. The number of allylic oxidation sites excluding steroid dienone is 2. The molecule has 4 atom stereocenters. The number of halogens is 3. The van der Waals surface area contributed by atoms with Crippen LogP contribution in [0.1, 0.15) is 12.0 Å². The van der Waals surface area contributed by atoms with E-state index in [0.29, 0.717) is 0 Å². The van der Waals surface area contributed by atoms with E-state index in [1.807, 2.05) is 12.2 Å². The summed E-state index contributed by atoms with van der Waals surface area (Å²) in [5.74, 6) is -1.34. The zero-order valence-corrected chi connectivity index (χ0v) is 13.4. The number of alkyl halides is 3. The number of fused-ring (bicyclic) bond motifs is 6. The second-order valence-corrected chi connectivity index (χ2v) is 7.04. The summed E-state index contributed by atoms with van der Waals surface area (Å²) < 4.78 is 39.8. The van der Waals surface area contributed by atoms with Gasteiger partial charge in [-0.2, -0.15) is 13.2 Å². The molecular weight excluding hydrogens is 345 g/mol. The Balaban J connectivity index is 1.67. The molecule has 0 spiro atoms. The Morgan fingerprint density at radius 3 is 2.27 bits per heavy atom. The fraction of sp³-hybridized carbons (Fsp3) is 0.316. The Bertz CT molecular complexity index is 968. The third kappa shape index (κ3) is 1.88. The smallest absolute Gasteiger partial charge is 0.274 e. The molecule has 1 aromatic carbocycles. The van der Waals surface area contributed by atoms with Crippen molar-refractivity contribution in [1.29, 1.82) is 0 Å². The van der Waals surface area contributed by atoms with Gasteiger partial charge in [-0.05, 0) is 30.4 Å². The minimum Gasteiger partial charge on any atom is -0.274 e. The average molecular weight is 358 g/mol. The van der Waals surface area contributed by atoms with Crippen molar-refractivity contribution >= 4 is 28.4 Å². The molecule has 1 aliphatic heterocycles. The van der Waals surface area contributed by atoms with Crippen LogP contribution in [0.3, 0.4) is 0 Å². The molecule has 1 saturated carbocycles. The molecule has 2 bridgehead atoms. The summed E-state index contributed by atoms with van der Waals surface area (Å²) in [6.45, 7) is 0. The summed E-state index contributed by atoms with van der Waals surface area (Å²) in [6.07, 6.45) is 1.41. The van der Waals surface area contributed by atoms with Gasteiger partial charge in [-0.1, -0.05) is 24.3 Å². The number of para-hydroxylation sites is 1. The number of carbonyl (C=O) groups is 2. The van der Waals surface area contributed by atoms with Gasteiger partial charge in [-0.25, -0.2) is 4.90 Å². The van der Waals surface area contributed by atoms with E-state index in [-0.39, 0.29) is 40.2 Å². The SMILES string of the molecule is O=C1[C@@H]2[C@H](C(=O)N1c1ccnc3c(C(F)(F)F)cccc13)[C@@H]1C=C[C@H]2C1. The summed E-state index contributed by atoms with van der Waals surface area (Å²) in [6, 6.07) is 5.13. The summed E-state index contributed by atoms with van der Waals surface area (Å²) in [5, 5.41) is 0.157. The van der Waals surface area contributed by atoms with Crippen LogP contribution in [-0.2, 0) is 15.8 Å². The number of benzene rings is 1. The largest absolute Gasteiger partial charge is 0.418 e. The lowest BCUT2D eigenvalue weighted by Gasteiger charge is -2.20. The summed E-state index contributed by atoms with van der Waals surface area (Å²) in [4.78, 5) is 30.8. The second-order valence-electron chi connectivity index (χ2n) is 7.04. The fourth-order valence-corrected chi connectivity index (χ4v) is 4.72. The second kappa shape index (κ2) is 4.93. The molecule has 4 nitrogen and oxygen atoms in total. The lowest BCUT2D eigenvalue weighted by atomic mass is 9.85. The van der Waals surface area contributed by atoms with Crippen molar-refractivity contribution in [2.75, 3.05) is 4.90 Å². The van der Waals surface area contributed by atoms with Crippen molar-refractivity contribution in [1.82, 2.24) is 4.98 Å². The van der Waals surface area contributed by atoms with Crippen molar-refractivity contribution in [2.24, 2.45) is 23.7 Å². The third-order valence-corrected chi connectivity index (χ3v) is 5.76. The number of aromatic nitrogens is 1. The minimum atomic E-state index is -4.57. The number of imide groups is 1. The molecule has 132 valence electrons. The first-order valence-electron chi connectivity index (χ1n) is 8.39. The Morgan fingerprint density at radius 1 is 1.00 bits per heavy atom. The Labute approximate surface area is 146 Å². The lowest BCUT2D eigenvalue weighted by Crippen LogP contribution is -2.33. The molecule has 0 N–H and O–H groups in total. The zero-order valence-electron chi connectivity index (χ0n) is 13.4. The maximum absolute atomic E-state index is 13.3. The van der Waals surface area contributed by atoms with E-state index in [1.54, 1.807) is 0 Å². The quantitative estimate of drug-likeness (QED) is 0.579. The van der Waals surface area contributed by atoms with Gasteiger partial charge < -0.3 is 0 Å². The summed E-state index contributed by atoms with van der Waals surface area (Å²) in [5.41, 5.74) is -0.945. The van der Waals surface area contributed by atoms with Gasteiger partial charge in [0.25, 0.3) is 0 Å². The molecule has 5 rings (SSSR count). The van der Waals surface area contributed by atoms with Gasteiger partial charge in [0.1, 0.15) is 0 Å². The van der Waals surface area contributed by atoms with Crippen LogP contribution in [0.4, 0.5) is 18.9 Å². The van der Waals surface area contributed by atoms with E-state index in [2.05, 4.69) is 4.98 Å². The maximum atomic E-state index is 13.3. The first kappa shape index (κ1) is 15.5. The molecule has 2 heterocycles. The predicted octanol–water partition coefficient (Wildman–Crippen LogP) is 3.57. The molecule has 2 amide bonds. The zero-order chi connectivity index (χ0) is 18.2. The van der Waals surface area contributed by atoms with E-state index < -0.39 is 23.6 Å². The van der Waals surface area contributed by atoms with Gasteiger partial charge in [0.15, 0.2) is 0 Å². The van der Waals surface area contributed by atoms with Gasteiger partial charge in [0, 0.05) is 11.6 Å². The van der Waals surface area contributed by atoms with Crippen molar-refractivity contribution in [3.8, 4) is 0 Å². The van der Waals surface area contributed by atoms with E-state index in [0.717, 1.165) is 17.4 Å². The monoisotopic (exact) mass is 358 g/mol. The summed E-state index contributed by atoms with van der Waals surface area (Å²) in [7, 11) is 0. The van der Waals surface area contributed by atoms with Gasteiger partial charge in [0.05, 0.1) is 28.6 Å². The first-order valence-corrected chi connectivity index (χ1v) is 8.39. The normalized spacial score (nSPS) is 29.9. The molecule has 2 fully saturated rings. The molecule has 0 unspecified atom stereocenters. The van der Waals surface area contributed by atoms with Crippen molar-refractivity contribution in [2.45, 2.75) is 12.6 Å². The molecule has 26 heavy (non-hydrogen) atoms. The lowest BCUT2D eigenvalue weighted by molar-refractivity contribution is -0.136. The van der Waals surface area contributed by atoms with Crippen LogP contribution >= 0.6 is 0 Å². The number of hydrogen-bond acceptors (Lipinski definition) is 3. The van der Waals surface area contributed by atoms with Crippen LogP contribution in [0.5, 0.6) is 0 Å². The molecular formula is C19H13F3N2O2. The minimum absolute atomic E-state index is 0.0466. The Kier molecular flexibility index (Phi) is 2.95. The third-order valence-electron chi connectivity index (χ3n) is 5.76. The fourth-order valence-electron chi connectivity index (χ4n) is 4.72. The number of carbonyl (C=O) groups excluding carboxylic acids is 2. The number of hydrogen-bond donors (Lipinski definition) is 0. The molecule has 2 aliphatic carbocycles. The Hall–Kier alpha value is -2.70. The van der Waals surface area contributed by atoms with Crippen LogP contribution in [0.2, 0.25) is 0 Å². The van der Waals surface area contributed by atoms with E-state index >= 15 is 0 Å². The number of pyridine rings is 1. The van der Waals surface area contributed by atoms with Crippen molar-refractivity contribution in [3.63, 3.8) is 0 Å². The molecule has 1 aromatic heterocycles. The molecule has 2 aromatic rings. The maximum Gasteiger partial charge on any atom is 0.418 e. The van der Waals surface area contributed by atoms with E-state index in [9.17, 15) is 22.8 Å². The standard InChI is InChI=1S/C19H13F3N2O2/c20-19(21,22)12-3-1-2-11-13(6-7-23-16(11)12)24-17(25)14-9-4-5-10(8-9)15(14)18(24)26/h1-7,9-10,14-15H,8H2/t9-,10+,14-,15+. The predicted molar refractivity (Wildman–Crippen MR) is 87.0 cm³/mol. The van der Waals surface area contributed by atoms with Gasteiger partial charge in [-0.3, -0.25) is 14.6 Å². The molecule has 0 radical (unpaired) electrons. The van der Waals surface area contributed by atoms with Crippen LogP contribution in [0, 0.1) is 23.7 Å². The van der Waals surface area contributed by atoms with E-state index in [1.165, 1.54) is 24.4 Å². The van der Waals surface area contributed by atoms with Crippen molar-refractivity contribution < 1.29 is 22.8 Å². The molecule has 3 aliphatic rings. The highest BCUT2D eigenvalue weighted by molar-refractivity contribution is 6.25. The molecule has 7 heteroatoms. The topological polar surface area (TPSA) is 50.3 Å². The highest BCUT2D eigenvalue weighted by Gasteiger charge is 2.59. The van der Waals surface area contributed by atoms with Crippen LogP contribution in [-0.4, -0.2) is 16.8 Å². The highest BCUT2D eigenvalue weighted by atomic mass is 19.4. The van der Waals surface area contributed by atoms with Gasteiger partial charge >= 0.3 is 6.18 Å². The number of anilines is 1.